The van der Waals surface area contributed by atoms with Crippen molar-refractivity contribution in [3.63, 3.8) is 0 Å². The maximum absolute atomic E-state index is 12.8. The molecule has 1 aliphatic heterocycles. The maximum Gasteiger partial charge on any atom is 0.264 e. The zero-order valence-electron chi connectivity index (χ0n) is 18.0. The van der Waals surface area contributed by atoms with Crippen LogP contribution in [0.2, 0.25) is 0 Å². The number of benzene rings is 2. The van der Waals surface area contributed by atoms with E-state index >= 15 is 0 Å². The molecule has 174 valence electrons. The lowest BCUT2D eigenvalue weighted by Crippen LogP contribution is -2.28. The molecule has 2 aromatic heterocycles. The Kier molecular flexibility index (Phi) is 5.62. The summed E-state index contributed by atoms with van der Waals surface area (Å²) in [6, 6.07) is 15.9. The fourth-order valence-corrected chi connectivity index (χ4v) is 5.59. The Morgan fingerprint density at radius 1 is 1.09 bits per heavy atom. The van der Waals surface area contributed by atoms with Crippen LogP contribution < -0.4 is 15.6 Å². The lowest BCUT2D eigenvalue weighted by atomic mass is 10.3. The topological polar surface area (TPSA) is 125 Å². The monoisotopic (exact) mass is 479 g/mol. The smallest absolute Gasteiger partial charge is 0.264 e. The van der Waals surface area contributed by atoms with E-state index in [-0.39, 0.29) is 29.5 Å². The second kappa shape index (κ2) is 8.75. The number of aromatic nitrogens is 4. The highest BCUT2D eigenvalue weighted by atomic mass is 32.2. The number of fused-ring (bicyclic) bond motifs is 1. The van der Waals surface area contributed by atoms with Gasteiger partial charge in [-0.15, -0.1) is 0 Å². The molecule has 11 heteroatoms. The molecule has 0 radical (unpaired) electrons. The number of sulfone groups is 1. The zero-order valence-corrected chi connectivity index (χ0v) is 18.8. The van der Waals surface area contributed by atoms with Gasteiger partial charge in [0.2, 0.25) is 5.91 Å². The molecule has 2 aromatic carbocycles. The minimum Gasteiger partial charge on any atom is -0.457 e. The number of carbonyl (C=O) groups is 1. The molecule has 1 fully saturated rings. The molecule has 0 saturated carbocycles. The minimum absolute atomic E-state index is 0.0217. The van der Waals surface area contributed by atoms with Crippen molar-refractivity contribution in [1.29, 1.82) is 0 Å². The van der Waals surface area contributed by atoms with Gasteiger partial charge in [0.25, 0.3) is 5.56 Å². The first-order chi connectivity index (χ1) is 16.4. The van der Waals surface area contributed by atoms with Gasteiger partial charge in [0.05, 0.1) is 23.7 Å². The molecule has 10 nitrogen and oxygen atoms in total. The molecule has 34 heavy (non-hydrogen) atoms. The summed E-state index contributed by atoms with van der Waals surface area (Å²) >= 11 is 0. The van der Waals surface area contributed by atoms with Crippen molar-refractivity contribution in [1.82, 2.24) is 19.3 Å². The summed E-state index contributed by atoms with van der Waals surface area (Å²) < 4.78 is 32.0. The van der Waals surface area contributed by atoms with Crippen LogP contribution in [-0.4, -0.2) is 45.2 Å². The molecule has 4 aromatic rings. The molecule has 1 saturated heterocycles. The van der Waals surface area contributed by atoms with Crippen LogP contribution in [0.15, 0.2) is 71.9 Å². The first-order valence-corrected chi connectivity index (χ1v) is 12.5. The van der Waals surface area contributed by atoms with Crippen LogP contribution in [0, 0.1) is 0 Å². The van der Waals surface area contributed by atoms with Gasteiger partial charge in [0.15, 0.2) is 15.5 Å². The molecule has 1 atom stereocenters. The van der Waals surface area contributed by atoms with Gasteiger partial charge in [-0.25, -0.2) is 18.1 Å². The highest BCUT2D eigenvalue weighted by Crippen LogP contribution is 2.25. The van der Waals surface area contributed by atoms with E-state index < -0.39 is 21.3 Å². The van der Waals surface area contributed by atoms with Crippen molar-refractivity contribution in [3.8, 4) is 11.5 Å². The Hall–Kier alpha value is -3.99. The molecule has 1 unspecified atom stereocenters. The molecule has 1 amide bonds. The first kappa shape index (κ1) is 21.8. The number of nitrogens with zero attached hydrogens (tertiary/aromatic N) is 4. The molecule has 1 N–H and O–H groups in total. The number of carbonyl (C=O) groups excluding carboxylic acids is 1. The average molecular weight is 480 g/mol. The van der Waals surface area contributed by atoms with Gasteiger partial charge >= 0.3 is 0 Å². The number of nitrogens with one attached hydrogen (secondary N) is 1. The predicted octanol–water partition coefficient (Wildman–Crippen LogP) is 2.38. The van der Waals surface area contributed by atoms with Crippen LogP contribution in [0.3, 0.4) is 0 Å². The van der Waals surface area contributed by atoms with Gasteiger partial charge in [-0.1, -0.05) is 18.2 Å². The number of para-hydroxylation sites is 1. The predicted molar refractivity (Wildman–Crippen MR) is 126 cm³/mol. The minimum atomic E-state index is -3.11. The number of anilines is 1. The van der Waals surface area contributed by atoms with Gasteiger partial charge in [-0.3, -0.25) is 14.2 Å². The molecular formula is C23H21N5O5S. The third kappa shape index (κ3) is 4.55. The molecular weight excluding hydrogens is 458 g/mol. The molecule has 0 aliphatic carbocycles. The number of amides is 1. The van der Waals surface area contributed by atoms with Crippen molar-refractivity contribution >= 4 is 32.5 Å². The third-order valence-corrected chi connectivity index (χ3v) is 7.32. The second-order valence-electron chi connectivity index (χ2n) is 8.05. The van der Waals surface area contributed by atoms with Gasteiger partial charge in [0, 0.05) is 5.69 Å². The van der Waals surface area contributed by atoms with E-state index in [4.69, 9.17) is 4.74 Å². The molecule has 0 spiro atoms. The Morgan fingerprint density at radius 3 is 2.53 bits per heavy atom. The molecule has 0 bridgehead atoms. The summed E-state index contributed by atoms with van der Waals surface area (Å²) in [5.74, 6) is 1.01. The standard InChI is InChI=1S/C23H21N5O5S/c29-21(26-16-6-8-19(9-7-16)33-18-4-2-1-3-5-18)13-27-15-24-22-20(23(27)30)12-25-28(22)17-10-11-34(31,32)14-17/h1-9,12,15,17H,10-11,13-14H2,(H,26,29). The van der Waals surface area contributed by atoms with Crippen LogP contribution in [0.4, 0.5) is 5.69 Å². The van der Waals surface area contributed by atoms with E-state index in [0.717, 1.165) is 0 Å². The van der Waals surface area contributed by atoms with Crippen molar-refractivity contribution in [2.75, 3.05) is 16.8 Å². The largest absolute Gasteiger partial charge is 0.457 e. The van der Waals surface area contributed by atoms with E-state index in [9.17, 15) is 18.0 Å². The normalized spacial score (nSPS) is 17.0. The number of ether oxygens (including phenoxy) is 1. The van der Waals surface area contributed by atoms with Crippen molar-refractivity contribution in [2.45, 2.75) is 19.0 Å². The highest BCUT2D eigenvalue weighted by Gasteiger charge is 2.31. The Balaban J connectivity index is 1.26. The zero-order chi connectivity index (χ0) is 23.7. The van der Waals surface area contributed by atoms with Crippen LogP contribution >= 0.6 is 0 Å². The van der Waals surface area contributed by atoms with Crippen molar-refractivity contribution in [2.24, 2.45) is 0 Å². The van der Waals surface area contributed by atoms with Crippen LogP contribution in [0.1, 0.15) is 12.5 Å². The number of hydrogen-bond acceptors (Lipinski definition) is 7. The quantitative estimate of drug-likeness (QED) is 0.450. The number of rotatable bonds is 6. The Bertz CT molecular complexity index is 1510. The summed E-state index contributed by atoms with van der Waals surface area (Å²) in [5, 5.41) is 7.18. The Morgan fingerprint density at radius 2 is 1.82 bits per heavy atom. The average Bonchev–Trinajstić information content (AvgIpc) is 3.41. The van der Waals surface area contributed by atoms with E-state index in [1.165, 1.54) is 21.8 Å². The third-order valence-electron chi connectivity index (χ3n) is 5.57. The summed E-state index contributed by atoms with van der Waals surface area (Å²) in [6.07, 6.45) is 3.08. The summed E-state index contributed by atoms with van der Waals surface area (Å²) in [4.78, 5) is 29.6. The van der Waals surface area contributed by atoms with Crippen LogP contribution in [0.5, 0.6) is 11.5 Å². The van der Waals surface area contributed by atoms with Gasteiger partial charge in [-0.05, 0) is 42.8 Å². The molecule has 5 rings (SSSR count). The van der Waals surface area contributed by atoms with Crippen molar-refractivity contribution < 1.29 is 17.9 Å². The van der Waals surface area contributed by atoms with E-state index in [2.05, 4.69) is 15.4 Å². The van der Waals surface area contributed by atoms with Gasteiger partial charge < -0.3 is 10.1 Å². The van der Waals surface area contributed by atoms with Crippen LogP contribution in [-0.2, 0) is 21.2 Å². The van der Waals surface area contributed by atoms with E-state index in [1.807, 2.05) is 30.3 Å². The first-order valence-electron chi connectivity index (χ1n) is 10.6. The van der Waals surface area contributed by atoms with E-state index in [0.29, 0.717) is 29.3 Å². The summed E-state index contributed by atoms with van der Waals surface area (Å²) in [6.45, 7) is -0.229. The molecule has 3 heterocycles. The molecule has 1 aliphatic rings. The maximum atomic E-state index is 12.8. The number of hydrogen-bond donors (Lipinski definition) is 1. The van der Waals surface area contributed by atoms with Gasteiger partial charge in [-0.2, -0.15) is 5.10 Å². The highest BCUT2D eigenvalue weighted by molar-refractivity contribution is 7.91. The Labute approximate surface area is 194 Å². The SMILES string of the molecule is O=C(Cn1cnc2c(cnn2C2CCS(=O)(=O)C2)c1=O)Nc1ccc(Oc2ccccc2)cc1. The summed E-state index contributed by atoms with van der Waals surface area (Å²) in [5.41, 5.74) is 0.458. The van der Waals surface area contributed by atoms with Crippen LogP contribution in [0.25, 0.3) is 11.0 Å². The fourth-order valence-electron chi connectivity index (χ4n) is 3.90. The fraction of sp³-hybridized carbons (Fsp3) is 0.217. The van der Waals surface area contributed by atoms with Crippen molar-refractivity contribution in [3.05, 3.63) is 77.5 Å². The lowest BCUT2D eigenvalue weighted by molar-refractivity contribution is -0.116. The second-order valence-corrected chi connectivity index (χ2v) is 10.3. The van der Waals surface area contributed by atoms with Gasteiger partial charge in [0.1, 0.15) is 29.8 Å². The van der Waals surface area contributed by atoms with E-state index in [1.54, 1.807) is 24.3 Å². The summed E-state index contributed by atoms with van der Waals surface area (Å²) in [7, 11) is -3.11. The lowest BCUT2D eigenvalue weighted by Gasteiger charge is -2.10.